The predicted octanol–water partition coefficient (Wildman–Crippen LogP) is 1.28. The number of anilines is 1. The van der Waals surface area contributed by atoms with E-state index in [2.05, 4.69) is 5.32 Å². The second kappa shape index (κ2) is 6.96. The fourth-order valence-corrected chi connectivity index (χ4v) is 1.65. The molecular formula is C13H19N3OS. The lowest BCUT2D eigenvalue weighted by atomic mass is 10.2. The highest BCUT2D eigenvalue weighted by atomic mass is 32.1. The zero-order valence-corrected chi connectivity index (χ0v) is 11.6. The van der Waals surface area contributed by atoms with Gasteiger partial charge in [-0.25, -0.2) is 0 Å². The Balaban J connectivity index is 2.66. The number of thiocarbonyl (C=S) groups is 1. The van der Waals surface area contributed by atoms with E-state index in [0.717, 1.165) is 17.7 Å². The summed E-state index contributed by atoms with van der Waals surface area (Å²) in [5.41, 5.74) is 7.32. The Morgan fingerprint density at radius 3 is 2.83 bits per heavy atom. The van der Waals surface area contributed by atoms with Gasteiger partial charge in [-0.15, -0.1) is 0 Å². The van der Waals surface area contributed by atoms with E-state index in [4.69, 9.17) is 18.0 Å². The van der Waals surface area contributed by atoms with Gasteiger partial charge < -0.3 is 16.0 Å². The highest BCUT2D eigenvalue weighted by Crippen LogP contribution is 2.14. The molecule has 0 aliphatic heterocycles. The quantitative estimate of drug-likeness (QED) is 0.761. The third-order valence-corrected chi connectivity index (χ3v) is 2.76. The van der Waals surface area contributed by atoms with Crippen molar-refractivity contribution in [3.63, 3.8) is 0 Å². The number of benzene rings is 1. The van der Waals surface area contributed by atoms with Crippen LogP contribution in [0.5, 0.6) is 0 Å². The maximum atomic E-state index is 11.6. The van der Waals surface area contributed by atoms with Gasteiger partial charge in [0.05, 0.1) is 6.54 Å². The summed E-state index contributed by atoms with van der Waals surface area (Å²) in [6.45, 7) is 3.05. The van der Waals surface area contributed by atoms with Gasteiger partial charge in [0.2, 0.25) is 5.91 Å². The number of nitrogens with one attached hydrogen (secondary N) is 1. The molecule has 0 saturated carbocycles. The summed E-state index contributed by atoms with van der Waals surface area (Å²) in [7, 11) is 1.87. The van der Waals surface area contributed by atoms with Crippen molar-refractivity contribution in [1.82, 2.24) is 5.32 Å². The molecule has 0 saturated heterocycles. The van der Waals surface area contributed by atoms with Crippen LogP contribution in [0.2, 0.25) is 0 Å². The van der Waals surface area contributed by atoms with Gasteiger partial charge in [0.1, 0.15) is 4.99 Å². The van der Waals surface area contributed by atoms with E-state index in [-0.39, 0.29) is 5.91 Å². The molecule has 0 radical (unpaired) electrons. The summed E-state index contributed by atoms with van der Waals surface area (Å²) in [5, 5.41) is 2.84. The van der Waals surface area contributed by atoms with Crippen molar-refractivity contribution in [2.24, 2.45) is 5.73 Å². The van der Waals surface area contributed by atoms with E-state index in [1.54, 1.807) is 0 Å². The summed E-state index contributed by atoms with van der Waals surface area (Å²) >= 11 is 4.93. The monoisotopic (exact) mass is 265 g/mol. The molecule has 4 nitrogen and oxygen atoms in total. The zero-order chi connectivity index (χ0) is 13.5. The first kappa shape index (κ1) is 14.4. The lowest BCUT2D eigenvalue weighted by molar-refractivity contribution is -0.119. The van der Waals surface area contributed by atoms with E-state index in [1.807, 2.05) is 43.1 Å². The fourth-order valence-electron chi connectivity index (χ4n) is 1.52. The first-order valence-electron chi connectivity index (χ1n) is 5.92. The topological polar surface area (TPSA) is 58.4 Å². The molecule has 0 aromatic heterocycles. The Kier molecular flexibility index (Phi) is 5.58. The number of hydrogen-bond acceptors (Lipinski definition) is 3. The maximum Gasteiger partial charge on any atom is 0.239 e. The molecule has 98 valence electrons. The second-order valence-electron chi connectivity index (χ2n) is 4.12. The molecule has 0 unspecified atom stereocenters. The molecule has 18 heavy (non-hydrogen) atoms. The minimum absolute atomic E-state index is 0.0140. The smallest absolute Gasteiger partial charge is 0.239 e. The van der Waals surface area contributed by atoms with Crippen LogP contribution in [0.25, 0.3) is 0 Å². The van der Waals surface area contributed by atoms with E-state index < -0.39 is 0 Å². The molecule has 0 bridgehead atoms. The molecular weight excluding hydrogens is 246 g/mol. The summed E-state index contributed by atoms with van der Waals surface area (Å²) < 4.78 is 0. The standard InChI is InChI=1S/C13H19N3OS/c1-3-7-15-12(17)9-16(2)11-6-4-5-10(8-11)13(14)18/h4-6,8H,3,7,9H2,1-2H3,(H2,14,18)(H,15,17). The summed E-state index contributed by atoms with van der Waals surface area (Å²) in [6.07, 6.45) is 0.937. The molecule has 3 N–H and O–H groups in total. The summed E-state index contributed by atoms with van der Waals surface area (Å²) in [4.78, 5) is 13.8. The third-order valence-electron chi connectivity index (χ3n) is 2.52. The minimum atomic E-state index is 0.0140. The van der Waals surface area contributed by atoms with Crippen LogP contribution in [0.3, 0.4) is 0 Å². The van der Waals surface area contributed by atoms with Gasteiger partial charge in [0.25, 0.3) is 0 Å². The Morgan fingerprint density at radius 2 is 2.22 bits per heavy atom. The highest BCUT2D eigenvalue weighted by molar-refractivity contribution is 7.80. The highest BCUT2D eigenvalue weighted by Gasteiger charge is 2.07. The number of nitrogens with two attached hydrogens (primary N) is 1. The van der Waals surface area contributed by atoms with Gasteiger partial charge in [0, 0.05) is 24.8 Å². The number of carbonyl (C=O) groups excluding carboxylic acids is 1. The van der Waals surface area contributed by atoms with E-state index in [1.165, 1.54) is 0 Å². The summed E-state index contributed by atoms with van der Waals surface area (Å²) in [5.74, 6) is 0.0140. The predicted molar refractivity (Wildman–Crippen MR) is 78.9 cm³/mol. The number of amides is 1. The first-order chi connectivity index (χ1) is 8.54. The van der Waals surface area contributed by atoms with Crippen LogP contribution in [-0.4, -0.2) is 31.0 Å². The molecule has 1 aromatic carbocycles. The number of hydrogen-bond donors (Lipinski definition) is 2. The van der Waals surface area contributed by atoms with E-state index in [9.17, 15) is 4.79 Å². The molecule has 0 heterocycles. The molecule has 5 heteroatoms. The van der Waals surface area contributed by atoms with Crippen LogP contribution in [0.4, 0.5) is 5.69 Å². The third kappa shape index (κ3) is 4.33. The van der Waals surface area contributed by atoms with E-state index >= 15 is 0 Å². The summed E-state index contributed by atoms with van der Waals surface area (Å²) in [6, 6.07) is 7.55. The molecule has 0 aliphatic carbocycles. The second-order valence-corrected chi connectivity index (χ2v) is 4.56. The van der Waals surface area contributed by atoms with Crippen molar-refractivity contribution in [3.8, 4) is 0 Å². The van der Waals surface area contributed by atoms with Gasteiger partial charge in [-0.1, -0.05) is 31.3 Å². The SMILES string of the molecule is CCCNC(=O)CN(C)c1cccc(C(N)=S)c1. The average Bonchev–Trinajstić information content (AvgIpc) is 2.36. The average molecular weight is 265 g/mol. The van der Waals surface area contributed by atoms with Gasteiger partial charge in [-0.05, 0) is 18.6 Å². The van der Waals surface area contributed by atoms with Crippen molar-refractivity contribution in [2.75, 3.05) is 25.0 Å². The van der Waals surface area contributed by atoms with Gasteiger partial charge >= 0.3 is 0 Å². The molecule has 1 amide bonds. The van der Waals surface area contributed by atoms with Gasteiger partial charge in [-0.2, -0.15) is 0 Å². The van der Waals surface area contributed by atoms with Crippen molar-refractivity contribution in [3.05, 3.63) is 29.8 Å². The lowest BCUT2D eigenvalue weighted by Gasteiger charge is -2.19. The van der Waals surface area contributed by atoms with Crippen molar-refractivity contribution < 1.29 is 4.79 Å². The molecule has 1 rings (SSSR count). The van der Waals surface area contributed by atoms with Gasteiger partial charge in [0.15, 0.2) is 0 Å². The normalized spacial score (nSPS) is 9.89. The molecule has 1 aromatic rings. The van der Waals surface area contributed by atoms with Crippen LogP contribution in [-0.2, 0) is 4.79 Å². The molecule has 0 fully saturated rings. The van der Waals surface area contributed by atoms with Crippen molar-refractivity contribution in [2.45, 2.75) is 13.3 Å². The molecule has 0 aliphatic rings. The van der Waals surface area contributed by atoms with Crippen LogP contribution in [0.1, 0.15) is 18.9 Å². The number of rotatable bonds is 6. The fraction of sp³-hybridized carbons (Fsp3) is 0.385. The largest absolute Gasteiger partial charge is 0.389 e. The van der Waals surface area contributed by atoms with Crippen molar-refractivity contribution >= 4 is 28.8 Å². The van der Waals surface area contributed by atoms with Gasteiger partial charge in [-0.3, -0.25) is 4.79 Å². The van der Waals surface area contributed by atoms with Crippen LogP contribution in [0, 0.1) is 0 Å². The maximum absolute atomic E-state index is 11.6. The number of nitrogens with zero attached hydrogens (tertiary/aromatic N) is 1. The number of carbonyl (C=O) groups is 1. The first-order valence-corrected chi connectivity index (χ1v) is 6.33. The Bertz CT molecular complexity index is 434. The van der Waals surface area contributed by atoms with Crippen molar-refractivity contribution in [1.29, 1.82) is 0 Å². The Morgan fingerprint density at radius 1 is 1.50 bits per heavy atom. The molecule has 0 atom stereocenters. The Labute approximate surface area is 113 Å². The Hall–Kier alpha value is -1.62. The molecule has 0 spiro atoms. The zero-order valence-electron chi connectivity index (χ0n) is 10.8. The van der Waals surface area contributed by atoms with Crippen LogP contribution in [0.15, 0.2) is 24.3 Å². The lowest BCUT2D eigenvalue weighted by Crippen LogP contribution is -2.35. The number of likely N-dealkylation sites (N-methyl/N-ethyl adjacent to an activating group) is 1. The van der Waals surface area contributed by atoms with E-state index in [0.29, 0.717) is 18.1 Å². The van der Waals surface area contributed by atoms with Crippen LogP contribution >= 0.6 is 12.2 Å². The minimum Gasteiger partial charge on any atom is -0.389 e. The van der Waals surface area contributed by atoms with Crippen LogP contribution < -0.4 is 16.0 Å².